The molecule has 1 aliphatic rings. The molecule has 0 unspecified atom stereocenters. The number of hydrogen-bond acceptors (Lipinski definition) is 4. The smallest absolute Gasteiger partial charge is 0.248 e. The molecule has 0 aromatic carbocycles. The molecule has 0 atom stereocenters. The molecule has 1 fully saturated rings. The zero-order chi connectivity index (χ0) is 9.24. The van der Waals surface area contributed by atoms with Gasteiger partial charge in [-0.25, -0.2) is 8.37 Å². The van der Waals surface area contributed by atoms with Crippen LogP contribution in [0.5, 0.6) is 0 Å². The van der Waals surface area contributed by atoms with Crippen LogP contribution in [0.3, 0.4) is 0 Å². The van der Waals surface area contributed by atoms with Gasteiger partial charge in [0, 0.05) is 5.41 Å². The van der Waals surface area contributed by atoms with E-state index in [0.717, 1.165) is 12.8 Å². The van der Waals surface area contributed by atoms with E-state index in [9.17, 15) is 8.42 Å². The average Bonchev–Trinajstić information content (AvgIpc) is 2.06. The van der Waals surface area contributed by atoms with E-state index >= 15 is 0 Å². The van der Waals surface area contributed by atoms with Crippen LogP contribution in [0.1, 0.15) is 26.7 Å². The molecule has 1 rings (SSSR count). The van der Waals surface area contributed by atoms with Gasteiger partial charge in [0.1, 0.15) is 0 Å². The Morgan fingerprint density at radius 1 is 1.17 bits per heavy atom. The standard InChI is InChI=1S/C7H14O4S/c1-3-7(4-2)5-10-12(8,9)11-6-7/h3-6H2,1-2H3. The molecule has 72 valence electrons. The first-order valence-electron chi connectivity index (χ1n) is 4.07. The van der Waals surface area contributed by atoms with Crippen molar-refractivity contribution in [3.63, 3.8) is 0 Å². The van der Waals surface area contributed by atoms with Gasteiger partial charge in [-0.05, 0) is 12.8 Å². The van der Waals surface area contributed by atoms with Crippen LogP contribution in [0, 0.1) is 5.41 Å². The van der Waals surface area contributed by atoms with E-state index in [2.05, 4.69) is 8.37 Å². The lowest BCUT2D eigenvalue weighted by Gasteiger charge is -2.33. The molecule has 1 saturated heterocycles. The first kappa shape index (κ1) is 9.95. The van der Waals surface area contributed by atoms with Crippen molar-refractivity contribution >= 4 is 10.4 Å². The summed E-state index contributed by atoms with van der Waals surface area (Å²) < 4.78 is 30.7. The number of rotatable bonds is 2. The second kappa shape index (κ2) is 3.32. The highest BCUT2D eigenvalue weighted by molar-refractivity contribution is 7.81. The zero-order valence-corrected chi connectivity index (χ0v) is 8.19. The first-order valence-corrected chi connectivity index (χ1v) is 5.41. The van der Waals surface area contributed by atoms with Crippen molar-refractivity contribution in [1.82, 2.24) is 0 Å². The van der Waals surface area contributed by atoms with Crippen LogP contribution >= 0.6 is 0 Å². The second-order valence-electron chi connectivity index (χ2n) is 3.14. The third kappa shape index (κ3) is 1.97. The normalized spacial score (nSPS) is 26.8. The van der Waals surface area contributed by atoms with Gasteiger partial charge >= 0.3 is 10.4 Å². The maximum atomic E-state index is 10.7. The highest BCUT2D eigenvalue weighted by Crippen LogP contribution is 2.31. The van der Waals surface area contributed by atoms with Gasteiger partial charge in [0.25, 0.3) is 0 Å². The molecular formula is C7H14O4S. The van der Waals surface area contributed by atoms with Crippen LogP contribution in [0.15, 0.2) is 0 Å². The summed E-state index contributed by atoms with van der Waals surface area (Å²) in [5.41, 5.74) is -0.106. The monoisotopic (exact) mass is 194 g/mol. The summed E-state index contributed by atoms with van der Waals surface area (Å²) >= 11 is 0. The summed E-state index contributed by atoms with van der Waals surface area (Å²) in [4.78, 5) is 0. The summed E-state index contributed by atoms with van der Waals surface area (Å²) in [7, 11) is -3.67. The molecule has 0 aliphatic carbocycles. The van der Waals surface area contributed by atoms with Crippen molar-refractivity contribution in [1.29, 1.82) is 0 Å². The maximum Gasteiger partial charge on any atom is 0.399 e. The highest BCUT2D eigenvalue weighted by Gasteiger charge is 2.36. The summed E-state index contributed by atoms with van der Waals surface area (Å²) in [5.74, 6) is 0. The number of hydrogen-bond donors (Lipinski definition) is 0. The topological polar surface area (TPSA) is 52.6 Å². The fourth-order valence-corrected chi connectivity index (χ4v) is 1.98. The van der Waals surface area contributed by atoms with Gasteiger partial charge in [0.15, 0.2) is 0 Å². The van der Waals surface area contributed by atoms with Gasteiger partial charge in [0.2, 0.25) is 0 Å². The molecule has 4 nitrogen and oxygen atoms in total. The van der Waals surface area contributed by atoms with E-state index in [1.54, 1.807) is 0 Å². The molecule has 0 radical (unpaired) electrons. The maximum absolute atomic E-state index is 10.7. The molecule has 0 spiro atoms. The fraction of sp³-hybridized carbons (Fsp3) is 1.00. The molecule has 0 aromatic rings. The van der Waals surface area contributed by atoms with Gasteiger partial charge < -0.3 is 0 Å². The SMILES string of the molecule is CCC1(CC)COS(=O)(=O)OC1. The van der Waals surface area contributed by atoms with E-state index in [1.165, 1.54) is 0 Å². The van der Waals surface area contributed by atoms with Gasteiger partial charge in [-0.2, -0.15) is 8.42 Å². The lowest BCUT2D eigenvalue weighted by atomic mass is 9.84. The van der Waals surface area contributed by atoms with E-state index in [0.29, 0.717) is 0 Å². The summed E-state index contributed by atoms with van der Waals surface area (Å²) in [5, 5.41) is 0. The van der Waals surface area contributed by atoms with Gasteiger partial charge in [0.05, 0.1) is 13.2 Å². The van der Waals surface area contributed by atoms with Crippen LogP contribution in [-0.4, -0.2) is 21.6 Å². The molecule has 0 saturated carbocycles. The molecule has 5 heteroatoms. The zero-order valence-electron chi connectivity index (χ0n) is 7.37. The van der Waals surface area contributed by atoms with Crippen LogP contribution < -0.4 is 0 Å². The van der Waals surface area contributed by atoms with E-state index < -0.39 is 10.4 Å². The Bertz CT molecular complexity index is 224. The third-order valence-electron chi connectivity index (χ3n) is 2.52. The largest absolute Gasteiger partial charge is 0.399 e. The molecule has 1 heterocycles. The van der Waals surface area contributed by atoms with Crippen LogP contribution in [-0.2, 0) is 18.8 Å². The predicted octanol–water partition coefficient (Wildman–Crippen LogP) is 1.08. The van der Waals surface area contributed by atoms with Gasteiger partial charge in [-0.3, -0.25) is 0 Å². The third-order valence-corrected chi connectivity index (χ3v) is 3.33. The second-order valence-corrected chi connectivity index (χ2v) is 4.43. The van der Waals surface area contributed by atoms with E-state index in [4.69, 9.17) is 0 Å². The van der Waals surface area contributed by atoms with Gasteiger partial charge in [-0.1, -0.05) is 13.8 Å². The minimum atomic E-state index is -3.67. The molecule has 0 aromatic heterocycles. The van der Waals surface area contributed by atoms with Crippen molar-refractivity contribution in [3.05, 3.63) is 0 Å². The lowest BCUT2D eigenvalue weighted by Crippen LogP contribution is -2.38. The first-order chi connectivity index (χ1) is 5.54. The van der Waals surface area contributed by atoms with Crippen LogP contribution in [0.25, 0.3) is 0 Å². The average molecular weight is 194 g/mol. The molecule has 0 bridgehead atoms. The van der Waals surface area contributed by atoms with Crippen LogP contribution in [0.4, 0.5) is 0 Å². The molecular weight excluding hydrogens is 180 g/mol. The highest BCUT2D eigenvalue weighted by atomic mass is 32.3. The fourth-order valence-electron chi connectivity index (χ4n) is 1.13. The van der Waals surface area contributed by atoms with Crippen LogP contribution in [0.2, 0.25) is 0 Å². The molecule has 0 N–H and O–H groups in total. The lowest BCUT2D eigenvalue weighted by molar-refractivity contribution is 0.0194. The van der Waals surface area contributed by atoms with E-state index in [1.807, 2.05) is 13.8 Å². The minimum absolute atomic E-state index is 0.106. The van der Waals surface area contributed by atoms with Crippen molar-refractivity contribution in [3.8, 4) is 0 Å². The predicted molar refractivity (Wildman–Crippen MR) is 43.8 cm³/mol. The van der Waals surface area contributed by atoms with E-state index in [-0.39, 0.29) is 18.6 Å². The van der Waals surface area contributed by atoms with Crippen molar-refractivity contribution in [2.45, 2.75) is 26.7 Å². The Hall–Kier alpha value is -0.130. The van der Waals surface area contributed by atoms with Crippen molar-refractivity contribution < 1.29 is 16.8 Å². The Labute approximate surface area is 73.2 Å². The Morgan fingerprint density at radius 3 is 1.92 bits per heavy atom. The Balaban J connectivity index is 2.66. The van der Waals surface area contributed by atoms with Crippen molar-refractivity contribution in [2.24, 2.45) is 5.41 Å². The summed E-state index contributed by atoms with van der Waals surface area (Å²) in [6, 6.07) is 0. The van der Waals surface area contributed by atoms with Crippen molar-refractivity contribution in [2.75, 3.05) is 13.2 Å². The molecule has 12 heavy (non-hydrogen) atoms. The Kier molecular flexibility index (Phi) is 2.75. The Morgan fingerprint density at radius 2 is 1.58 bits per heavy atom. The molecule has 0 amide bonds. The summed E-state index contributed by atoms with van der Waals surface area (Å²) in [6.45, 7) is 4.52. The summed E-state index contributed by atoms with van der Waals surface area (Å²) in [6.07, 6.45) is 1.75. The quantitative estimate of drug-likeness (QED) is 0.660. The molecule has 1 aliphatic heterocycles. The minimum Gasteiger partial charge on any atom is -0.248 e. The van der Waals surface area contributed by atoms with Gasteiger partial charge in [-0.15, -0.1) is 0 Å².